The maximum Gasteiger partial charge on any atom is 0.410 e. The Morgan fingerprint density at radius 3 is 1.43 bits per heavy atom. The van der Waals surface area contributed by atoms with Gasteiger partial charge in [0.2, 0.25) is 0 Å². The SMILES string of the molecule is Cn1cc2cc(-c3ccc(C#N)cc3)cc(COCC3(c4ccccc4)CCN(C(=O)OC(C)(C)C)CC3)c2n1.Cn1ncc2cc(-c3ccc(C#N)cc3)cc(COCC3(c4ccccc4)CCN(C(=O)OC(C)(C)C)CC3)c21. The average molecular weight is 1070 g/mol. The zero-order chi connectivity index (χ0) is 56.7. The molecule has 412 valence electrons. The first-order valence-corrected chi connectivity index (χ1v) is 27.5. The third-order valence-electron chi connectivity index (χ3n) is 15.2. The second kappa shape index (κ2) is 24.0. The highest BCUT2D eigenvalue weighted by Gasteiger charge is 2.40. The summed E-state index contributed by atoms with van der Waals surface area (Å²) in [4.78, 5) is 29.1. The highest BCUT2D eigenvalue weighted by Crippen LogP contribution is 2.39. The van der Waals surface area contributed by atoms with E-state index in [-0.39, 0.29) is 23.0 Å². The Balaban J connectivity index is 0.000000194. The number of rotatable bonds is 12. The molecule has 0 spiro atoms. The van der Waals surface area contributed by atoms with Gasteiger partial charge in [0, 0.05) is 79.2 Å². The Bertz CT molecular complexity index is 3450. The summed E-state index contributed by atoms with van der Waals surface area (Å²) in [5.41, 5.74) is 10.6. The smallest absolute Gasteiger partial charge is 0.410 e. The molecule has 2 aromatic heterocycles. The zero-order valence-electron chi connectivity index (χ0n) is 47.4. The topological polar surface area (TPSA) is 161 Å². The number of ether oxygens (including phenoxy) is 4. The van der Waals surface area contributed by atoms with Crippen molar-refractivity contribution in [2.24, 2.45) is 14.1 Å². The number of fused-ring (bicyclic) bond motifs is 2. The molecule has 2 saturated heterocycles. The highest BCUT2D eigenvalue weighted by atomic mass is 16.6. The van der Waals surface area contributed by atoms with E-state index >= 15 is 0 Å². The van der Waals surface area contributed by atoms with Crippen LogP contribution in [0.15, 0.2) is 146 Å². The van der Waals surface area contributed by atoms with E-state index in [1.807, 2.05) is 148 Å². The number of benzene rings is 6. The molecule has 2 fully saturated rings. The van der Waals surface area contributed by atoms with Crippen molar-refractivity contribution in [2.75, 3.05) is 39.4 Å². The molecule has 0 unspecified atom stereocenters. The summed E-state index contributed by atoms with van der Waals surface area (Å²) >= 11 is 0. The van der Waals surface area contributed by atoms with Crippen molar-refractivity contribution in [3.8, 4) is 34.4 Å². The summed E-state index contributed by atoms with van der Waals surface area (Å²) in [5.74, 6) is 0. The van der Waals surface area contributed by atoms with E-state index in [1.165, 1.54) is 11.1 Å². The molecule has 6 aromatic carbocycles. The molecule has 2 aliphatic rings. The molecule has 0 aliphatic carbocycles. The number of nitriles is 2. The van der Waals surface area contributed by atoms with Crippen molar-refractivity contribution in [1.29, 1.82) is 10.5 Å². The molecule has 0 radical (unpaired) electrons. The van der Waals surface area contributed by atoms with Crippen LogP contribution in [-0.2, 0) is 57.1 Å². The summed E-state index contributed by atoms with van der Waals surface area (Å²) in [6.07, 6.45) is 6.56. The Hall–Kier alpha value is -8.30. The van der Waals surface area contributed by atoms with Gasteiger partial charge in [0.25, 0.3) is 0 Å². The number of nitrogens with zero attached hydrogens (tertiary/aromatic N) is 8. The Morgan fingerprint density at radius 1 is 0.562 bits per heavy atom. The number of aromatic nitrogens is 4. The lowest BCUT2D eigenvalue weighted by atomic mass is 9.73. The average Bonchev–Trinajstić information content (AvgIpc) is 4.04. The van der Waals surface area contributed by atoms with Gasteiger partial charge >= 0.3 is 12.2 Å². The number of piperidine rings is 2. The number of amides is 2. The minimum atomic E-state index is -0.517. The number of carbonyl (C=O) groups is 2. The van der Waals surface area contributed by atoms with Crippen LogP contribution in [0.2, 0.25) is 0 Å². The van der Waals surface area contributed by atoms with Gasteiger partial charge in [-0.15, -0.1) is 0 Å². The lowest BCUT2D eigenvalue weighted by Gasteiger charge is -2.42. The van der Waals surface area contributed by atoms with Gasteiger partial charge in [-0.1, -0.05) is 84.9 Å². The molecule has 0 N–H and O–H groups in total. The standard InChI is InChI=1S/2C33H36N4O3/c1-32(2,3)40-31(38)37-16-14-33(15-17-37,29-8-6-5-7-9-29)23-39-22-28-19-26(18-27-21-36(4)35-30(27)28)25-12-10-24(20-34)11-13-25;1-32(2,3)40-31(38)37-16-14-33(15-17-37,29-8-6-5-7-9-29)23-39-22-28-19-26(18-27-21-35-36(4)30(27)28)25-12-10-24(20-34)11-13-25/h2*5-13,18-19,21H,14-17,22-23H2,1-4H3. The molecule has 2 aliphatic heterocycles. The van der Waals surface area contributed by atoms with Crippen LogP contribution >= 0.6 is 0 Å². The molecule has 14 heteroatoms. The van der Waals surface area contributed by atoms with Crippen LogP contribution in [0.3, 0.4) is 0 Å². The molecular weight excluding hydrogens is 1000 g/mol. The van der Waals surface area contributed by atoms with Gasteiger partial charge in [0.1, 0.15) is 11.2 Å². The maximum absolute atomic E-state index is 12.7. The normalized spacial score (nSPS) is 15.1. The van der Waals surface area contributed by atoms with Crippen molar-refractivity contribution in [3.63, 3.8) is 0 Å². The molecule has 4 heterocycles. The number of aryl methyl sites for hydroxylation is 2. The fourth-order valence-electron chi connectivity index (χ4n) is 11.0. The Kier molecular flexibility index (Phi) is 16.9. The lowest BCUT2D eigenvalue weighted by molar-refractivity contribution is 0.00275. The minimum absolute atomic E-state index is 0.198. The van der Waals surface area contributed by atoms with E-state index in [2.05, 4.69) is 90.0 Å². The van der Waals surface area contributed by atoms with Crippen LogP contribution in [0.4, 0.5) is 9.59 Å². The van der Waals surface area contributed by atoms with Crippen molar-refractivity contribution < 1.29 is 28.5 Å². The van der Waals surface area contributed by atoms with E-state index in [4.69, 9.17) is 24.0 Å². The molecule has 8 aromatic rings. The highest BCUT2D eigenvalue weighted by molar-refractivity contribution is 5.88. The van der Waals surface area contributed by atoms with Crippen molar-refractivity contribution >= 4 is 34.0 Å². The van der Waals surface area contributed by atoms with Crippen LogP contribution in [0.25, 0.3) is 44.1 Å². The van der Waals surface area contributed by atoms with Gasteiger partial charge in [-0.2, -0.15) is 20.7 Å². The van der Waals surface area contributed by atoms with Gasteiger partial charge in [0.15, 0.2) is 0 Å². The Morgan fingerprint density at radius 2 is 0.988 bits per heavy atom. The number of hydrogen-bond donors (Lipinski definition) is 0. The molecule has 2 amide bonds. The third-order valence-corrected chi connectivity index (χ3v) is 15.2. The van der Waals surface area contributed by atoms with E-state index in [0.717, 1.165) is 80.9 Å². The summed E-state index contributed by atoms with van der Waals surface area (Å²) in [6.45, 7) is 15.8. The van der Waals surface area contributed by atoms with Gasteiger partial charge in [0.05, 0.1) is 66.9 Å². The van der Waals surface area contributed by atoms with E-state index in [1.54, 1.807) is 0 Å². The fraction of sp³-hybridized carbons (Fsp3) is 0.364. The van der Waals surface area contributed by atoms with Gasteiger partial charge in [-0.3, -0.25) is 9.36 Å². The largest absolute Gasteiger partial charge is 0.444 e. The zero-order valence-corrected chi connectivity index (χ0v) is 47.4. The summed E-state index contributed by atoms with van der Waals surface area (Å²) < 4.78 is 28.0. The fourth-order valence-corrected chi connectivity index (χ4v) is 11.0. The second-order valence-electron chi connectivity index (χ2n) is 23.3. The second-order valence-corrected chi connectivity index (χ2v) is 23.3. The van der Waals surface area contributed by atoms with Crippen molar-refractivity contribution in [1.82, 2.24) is 29.4 Å². The van der Waals surface area contributed by atoms with Crippen molar-refractivity contribution in [3.05, 3.63) is 179 Å². The predicted octanol–water partition coefficient (Wildman–Crippen LogP) is 13.2. The molecule has 0 atom stereocenters. The van der Waals surface area contributed by atoms with Gasteiger partial charge in [-0.05, 0) is 149 Å². The summed E-state index contributed by atoms with van der Waals surface area (Å²) in [7, 11) is 3.87. The monoisotopic (exact) mass is 1070 g/mol. The van der Waals surface area contributed by atoms with E-state index in [0.29, 0.717) is 63.7 Å². The van der Waals surface area contributed by atoms with Crippen LogP contribution in [0, 0.1) is 22.7 Å². The lowest BCUT2D eigenvalue weighted by Crippen LogP contribution is -2.48. The quantitative estimate of drug-likeness (QED) is 0.115. The summed E-state index contributed by atoms with van der Waals surface area (Å²) in [6, 6.07) is 49.2. The molecule has 0 bridgehead atoms. The maximum atomic E-state index is 12.7. The van der Waals surface area contributed by atoms with Crippen LogP contribution in [-0.4, -0.2) is 92.1 Å². The molecule has 14 nitrogen and oxygen atoms in total. The van der Waals surface area contributed by atoms with Crippen LogP contribution in [0.5, 0.6) is 0 Å². The van der Waals surface area contributed by atoms with Crippen LogP contribution < -0.4 is 0 Å². The molecule has 10 rings (SSSR count). The predicted molar refractivity (Wildman–Crippen MR) is 311 cm³/mol. The van der Waals surface area contributed by atoms with E-state index in [9.17, 15) is 20.1 Å². The van der Waals surface area contributed by atoms with E-state index < -0.39 is 11.2 Å². The first kappa shape index (κ1) is 56.4. The first-order valence-electron chi connectivity index (χ1n) is 27.5. The molecular formula is C66H72N8O6. The summed E-state index contributed by atoms with van der Waals surface area (Å²) in [5, 5.41) is 29.7. The van der Waals surface area contributed by atoms with Gasteiger partial charge < -0.3 is 28.7 Å². The number of hydrogen-bond acceptors (Lipinski definition) is 10. The Labute approximate surface area is 470 Å². The number of carbonyl (C=O) groups excluding carboxylic acids is 2. The number of likely N-dealkylation sites (tertiary alicyclic amines) is 2. The molecule has 0 saturated carbocycles. The van der Waals surface area contributed by atoms with Crippen molar-refractivity contribution in [2.45, 2.75) is 102 Å². The molecule has 80 heavy (non-hydrogen) atoms. The first-order chi connectivity index (χ1) is 38.3. The third kappa shape index (κ3) is 13.4. The van der Waals surface area contributed by atoms with Crippen LogP contribution in [0.1, 0.15) is 101 Å². The van der Waals surface area contributed by atoms with Gasteiger partial charge in [-0.25, -0.2) is 9.59 Å². The minimum Gasteiger partial charge on any atom is -0.444 e.